The van der Waals surface area contributed by atoms with E-state index in [1.165, 1.54) is 18.2 Å². The lowest BCUT2D eigenvalue weighted by atomic mass is 10.3. The second-order valence-electron chi connectivity index (χ2n) is 2.81. The highest BCUT2D eigenvalue weighted by molar-refractivity contribution is 7.60. The van der Waals surface area contributed by atoms with Crippen LogP contribution in [0.3, 0.4) is 0 Å². The van der Waals surface area contributed by atoms with E-state index in [9.17, 15) is 9.36 Å². The van der Waals surface area contributed by atoms with Gasteiger partial charge >= 0.3 is 13.6 Å². The molecule has 1 aromatic rings. The van der Waals surface area contributed by atoms with Crippen molar-refractivity contribution >= 4 is 24.6 Å². The summed E-state index contributed by atoms with van der Waals surface area (Å²) in [7, 11) is -4.37. The van der Waals surface area contributed by atoms with Crippen LogP contribution in [-0.2, 0) is 9.36 Å². The van der Waals surface area contributed by atoms with Crippen LogP contribution in [0.25, 0.3) is 0 Å². The number of para-hydroxylation sites is 1. The van der Waals surface area contributed by atoms with Crippen LogP contribution in [0.5, 0.6) is 0 Å². The van der Waals surface area contributed by atoms with E-state index in [4.69, 9.17) is 14.9 Å². The predicted octanol–water partition coefficient (Wildman–Crippen LogP) is -0.0139. The molecule has 0 fully saturated rings. The molecule has 0 radical (unpaired) electrons. The van der Waals surface area contributed by atoms with Crippen LogP contribution in [-0.4, -0.2) is 27.4 Å². The van der Waals surface area contributed by atoms with Crippen molar-refractivity contribution in [3.8, 4) is 0 Å². The quantitative estimate of drug-likeness (QED) is 0.543. The van der Waals surface area contributed by atoms with Crippen LogP contribution in [0.2, 0.25) is 0 Å². The molecule has 15 heavy (non-hydrogen) atoms. The van der Waals surface area contributed by atoms with Gasteiger partial charge in [-0.05, 0) is 12.1 Å². The van der Waals surface area contributed by atoms with E-state index in [-0.39, 0.29) is 11.0 Å². The minimum Gasteiger partial charge on any atom is -0.480 e. The lowest BCUT2D eigenvalue weighted by Gasteiger charge is -2.11. The Bertz CT molecular complexity index is 413. The highest BCUT2D eigenvalue weighted by atomic mass is 31.2. The summed E-state index contributed by atoms with van der Waals surface area (Å²) in [4.78, 5) is 28.2. The van der Waals surface area contributed by atoms with Gasteiger partial charge in [0.05, 0.1) is 11.0 Å². The van der Waals surface area contributed by atoms with Crippen LogP contribution in [0.4, 0.5) is 5.69 Å². The fraction of sp³-hybridized carbons (Fsp3) is 0.125. The fourth-order valence-corrected chi connectivity index (χ4v) is 1.80. The summed E-state index contributed by atoms with van der Waals surface area (Å²) in [5.74, 6) is -1.10. The number of carboxylic acid groups (broad SMARTS) is 1. The van der Waals surface area contributed by atoms with Gasteiger partial charge in [0.2, 0.25) is 0 Å². The van der Waals surface area contributed by atoms with E-state index in [1.54, 1.807) is 6.07 Å². The van der Waals surface area contributed by atoms with E-state index < -0.39 is 20.1 Å². The van der Waals surface area contributed by atoms with Crippen molar-refractivity contribution in [2.75, 3.05) is 11.9 Å². The summed E-state index contributed by atoms with van der Waals surface area (Å²) in [6, 6.07) is 5.70. The van der Waals surface area contributed by atoms with E-state index in [0.717, 1.165) is 0 Å². The first-order valence-electron chi connectivity index (χ1n) is 4.02. The summed E-state index contributed by atoms with van der Waals surface area (Å²) in [6.07, 6.45) is 0. The van der Waals surface area contributed by atoms with E-state index >= 15 is 0 Å². The Labute approximate surface area is 85.7 Å². The highest BCUT2D eigenvalue weighted by Gasteiger charge is 2.20. The molecule has 4 N–H and O–H groups in total. The van der Waals surface area contributed by atoms with Crippen molar-refractivity contribution in [1.82, 2.24) is 0 Å². The van der Waals surface area contributed by atoms with Crippen molar-refractivity contribution in [2.24, 2.45) is 0 Å². The third kappa shape index (κ3) is 3.36. The summed E-state index contributed by atoms with van der Waals surface area (Å²) < 4.78 is 11.0. The summed E-state index contributed by atoms with van der Waals surface area (Å²) in [6.45, 7) is -0.392. The third-order valence-electron chi connectivity index (χ3n) is 1.65. The molecular formula is C8H10NO5P. The number of rotatable bonds is 4. The van der Waals surface area contributed by atoms with E-state index in [0.29, 0.717) is 0 Å². The number of benzene rings is 1. The van der Waals surface area contributed by atoms with Gasteiger partial charge in [-0.1, -0.05) is 12.1 Å². The molecule has 0 aliphatic carbocycles. The molecule has 1 aromatic carbocycles. The molecule has 1 rings (SSSR count). The van der Waals surface area contributed by atoms with Crippen molar-refractivity contribution in [3.05, 3.63) is 24.3 Å². The maximum Gasteiger partial charge on any atom is 0.358 e. The van der Waals surface area contributed by atoms with Gasteiger partial charge in [-0.2, -0.15) is 0 Å². The molecule has 82 valence electrons. The fourth-order valence-electron chi connectivity index (χ4n) is 1.05. The summed E-state index contributed by atoms with van der Waals surface area (Å²) in [5, 5.41) is 10.6. The Morgan fingerprint density at radius 1 is 1.33 bits per heavy atom. The Morgan fingerprint density at radius 3 is 2.47 bits per heavy atom. The molecule has 6 nitrogen and oxygen atoms in total. The summed E-state index contributed by atoms with van der Waals surface area (Å²) >= 11 is 0. The van der Waals surface area contributed by atoms with E-state index in [2.05, 4.69) is 5.32 Å². The number of carboxylic acids is 1. The molecule has 0 atom stereocenters. The normalized spacial score (nSPS) is 11.1. The zero-order chi connectivity index (χ0) is 11.5. The molecule has 0 saturated heterocycles. The van der Waals surface area contributed by atoms with Crippen molar-refractivity contribution in [2.45, 2.75) is 0 Å². The molecule has 0 heterocycles. The van der Waals surface area contributed by atoms with Gasteiger partial charge in [0, 0.05) is 0 Å². The largest absolute Gasteiger partial charge is 0.480 e. The smallest absolute Gasteiger partial charge is 0.358 e. The van der Waals surface area contributed by atoms with Gasteiger partial charge in [-0.3, -0.25) is 9.36 Å². The Balaban J connectivity index is 2.97. The molecule has 0 aliphatic heterocycles. The number of carbonyl (C=O) groups is 1. The standard InChI is InChI=1S/C8H10NO5P/c10-8(11)5-9-6-3-1-2-4-7(6)15(12,13)14/h1-4,9H,5H2,(H,10,11)(H2,12,13,14). The van der Waals surface area contributed by atoms with E-state index in [1.807, 2.05) is 0 Å². The van der Waals surface area contributed by atoms with Crippen molar-refractivity contribution in [3.63, 3.8) is 0 Å². The molecule has 7 heteroatoms. The van der Waals surface area contributed by atoms with Gasteiger partial charge in [0.15, 0.2) is 0 Å². The van der Waals surface area contributed by atoms with Gasteiger partial charge in [0.1, 0.15) is 6.54 Å². The molecule has 0 aliphatic rings. The number of nitrogens with one attached hydrogen (secondary N) is 1. The molecule has 0 amide bonds. The second-order valence-corrected chi connectivity index (χ2v) is 4.38. The number of aliphatic carboxylic acids is 1. The first kappa shape index (κ1) is 11.7. The van der Waals surface area contributed by atoms with Crippen LogP contribution >= 0.6 is 7.60 Å². The second kappa shape index (κ2) is 4.44. The number of hydrogen-bond acceptors (Lipinski definition) is 3. The van der Waals surface area contributed by atoms with Crippen molar-refractivity contribution in [1.29, 1.82) is 0 Å². The summed E-state index contributed by atoms with van der Waals surface area (Å²) in [5.41, 5.74) is 0.133. The SMILES string of the molecule is O=C(O)CNc1ccccc1P(=O)(O)O. The van der Waals surface area contributed by atoms with Crippen LogP contribution in [0.15, 0.2) is 24.3 Å². The first-order valence-corrected chi connectivity index (χ1v) is 5.63. The maximum atomic E-state index is 11.0. The highest BCUT2D eigenvalue weighted by Crippen LogP contribution is 2.36. The van der Waals surface area contributed by atoms with Gasteiger partial charge in [-0.15, -0.1) is 0 Å². The molecular weight excluding hydrogens is 221 g/mol. The molecule has 0 unspecified atom stereocenters. The number of hydrogen-bond donors (Lipinski definition) is 4. The van der Waals surface area contributed by atoms with Crippen LogP contribution in [0, 0.1) is 0 Å². The molecule has 0 spiro atoms. The lowest BCUT2D eigenvalue weighted by Crippen LogP contribution is -2.18. The average molecular weight is 231 g/mol. The topological polar surface area (TPSA) is 107 Å². The van der Waals surface area contributed by atoms with Crippen molar-refractivity contribution < 1.29 is 24.3 Å². The zero-order valence-corrected chi connectivity index (χ0v) is 8.52. The van der Waals surface area contributed by atoms with Gasteiger partial charge < -0.3 is 20.2 Å². The van der Waals surface area contributed by atoms with Crippen LogP contribution in [0.1, 0.15) is 0 Å². The maximum absolute atomic E-state index is 11.0. The monoisotopic (exact) mass is 231 g/mol. The third-order valence-corrected chi connectivity index (χ3v) is 2.67. The van der Waals surface area contributed by atoms with Gasteiger partial charge in [0.25, 0.3) is 0 Å². The lowest BCUT2D eigenvalue weighted by molar-refractivity contribution is -0.134. The Morgan fingerprint density at radius 2 is 1.93 bits per heavy atom. The Hall–Kier alpha value is -1.36. The van der Waals surface area contributed by atoms with Gasteiger partial charge in [-0.25, -0.2) is 0 Å². The minimum atomic E-state index is -4.37. The zero-order valence-electron chi connectivity index (χ0n) is 7.62. The average Bonchev–Trinajstić information content (AvgIpc) is 2.13. The molecule has 0 saturated carbocycles. The predicted molar refractivity (Wildman–Crippen MR) is 54.2 cm³/mol. The first-order chi connectivity index (χ1) is 6.91. The Kier molecular flexibility index (Phi) is 3.47. The van der Waals surface area contributed by atoms with Crippen LogP contribution < -0.4 is 10.6 Å². The number of anilines is 1. The molecule has 0 bridgehead atoms. The molecule has 0 aromatic heterocycles. The minimum absolute atomic E-state index is 0.133.